The van der Waals surface area contributed by atoms with Crippen LogP contribution in [-0.4, -0.2) is 43.2 Å². The van der Waals surface area contributed by atoms with Crippen LogP contribution in [-0.2, 0) is 6.54 Å². The molecule has 3 rings (SSSR count). The molecule has 0 bridgehead atoms. The summed E-state index contributed by atoms with van der Waals surface area (Å²) in [6.07, 6.45) is 1.18. The summed E-state index contributed by atoms with van der Waals surface area (Å²) in [6, 6.07) is 7.80. The highest BCUT2D eigenvalue weighted by atomic mass is 16.5. The largest absolute Gasteiger partial charge is 0.497 e. The lowest BCUT2D eigenvalue weighted by Crippen LogP contribution is -2.28. The summed E-state index contributed by atoms with van der Waals surface area (Å²) in [7, 11) is 1.67. The molecular weight excluding hydrogens is 278 g/mol. The van der Waals surface area contributed by atoms with Gasteiger partial charge in [-0.05, 0) is 50.7 Å². The van der Waals surface area contributed by atoms with Crippen molar-refractivity contribution < 1.29 is 9.15 Å². The first-order valence-corrected chi connectivity index (χ1v) is 7.80. The minimum absolute atomic E-state index is 0.683. The lowest BCUT2D eigenvalue weighted by molar-refractivity contribution is 0.280. The molecular formula is C17H23N3O2. The Labute approximate surface area is 131 Å². The first-order chi connectivity index (χ1) is 10.8. The Morgan fingerprint density at radius 3 is 2.82 bits per heavy atom. The Morgan fingerprint density at radius 1 is 1.23 bits per heavy atom. The van der Waals surface area contributed by atoms with E-state index in [2.05, 4.69) is 10.2 Å². The van der Waals surface area contributed by atoms with Crippen molar-refractivity contribution in [3.63, 3.8) is 0 Å². The molecule has 5 nitrogen and oxygen atoms in total. The van der Waals surface area contributed by atoms with Crippen LogP contribution >= 0.6 is 0 Å². The normalized spacial score (nSPS) is 16.5. The van der Waals surface area contributed by atoms with E-state index in [1.807, 2.05) is 31.2 Å². The maximum Gasteiger partial charge on any atom is 0.226 e. The SMILES string of the molecule is COc1ccc(-c2nc(CN3CCCNCC3)c(C)o2)cc1. The molecule has 118 valence electrons. The van der Waals surface area contributed by atoms with Gasteiger partial charge in [0.15, 0.2) is 0 Å². The first kappa shape index (κ1) is 15.1. The second kappa shape index (κ2) is 6.94. The van der Waals surface area contributed by atoms with Crippen molar-refractivity contribution in [2.45, 2.75) is 19.9 Å². The van der Waals surface area contributed by atoms with Gasteiger partial charge in [0, 0.05) is 25.2 Å². The molecule has 0 amide bonds. The van der Waals surface area contributed by atoms with Crippen molar-refractivity contribution >= 4 is 0 Å². The fraction of sp³-hybridized carbons (Fsp3) is 0.471. The monoisotopic (exact) mass is 301 g/mol. The van der Waals surface area contributed by atoms with Crippen molar-refractivity contribution in [2.24, 2.45) is 0 Å². The van der Waals surface area contributed by atoms with Crippen molar-refractivity contribution in [3.8, 4) is 17.2 Å². The molecule has 1 aliphatic rings. The zero-order valence-corrected chi connectivity index (χ0v) is 13.3. The fourth-order valence-electron chi connectivity index (χ4n) is 2.70. The van der Waals surface area contributed by atoms with Crippen molar-refractivity contribution in [1.82, 2.24) is 15.2 Å². The lowest BCUT2D eigenvalue weighted by atomic mass is 10.2. The third-order valence-electron chi connectivity index (χ3n) is 4.04. The summed E-state index contributed by atoms with van der Waals surface area (Å²) >= 11 is 0. The Hall–Kier alpha value is -1.85. The maximum absolute atomic E-state index is 5.85. The van der Waals surface area contributed by atoms with Gasteiger partial charge in [0.1, 0.15) is 11.5 Å². The smallest absolute Gasteiger partial charge is 0.226 e. The maximum atomic E-state index is 5.85. The summed E-state index contributed by atoms with van der Waals surface area (Å²) in [5.74, 6) is 2.43. The van der Waals surface area contributed by atoms with E-state index in [1.54, 1.807) is 7.11 Å². The zero-order valence-electron chi connectivity index (χ0n) is 13.3. The van der Waals surface area contributed by atoms with E-state index in [1.165, 1.54) is 6.42 Å². The van der Waals surface area contributed by atoms with Gasteiger partial charge in [-0.2, -0.15) is 0 Å². The van der Waals surface area contributed by atoms with Gasteiger partial charge in [-0.1, -0.05) is 0 Å². The molecule has 0 aliphatic carbocycles. The van der Waals surface area contributed by atoms with Gasteiger partial charge in [-0.3, -0.25) is 4.90 Å². The molecule has 2 aromatic rings. The minimum atomic E-state index is 0.683. The number of aryl methyl sites for hydroxylation is 1. The summed E-state index contributed by atoms with van der Waals surface area (Å²) in [4.78, 5) is 7.12. The molecule has 0 radical (unpaired) electrons. The van der Waals surface area contributed by atoms with E-state index in [4.69, 9.17) is 14.1 Å². The fourth-order valence-corrected chi connectivity index (χ4v) is 2.70. The topological polar surface area (TPSA) is 50.5 Å². The van der Waals surface area contributed by atoms with Gasteiger partial charge in [0.05, 0.1) is 12.8 Å². The molecule has 0 unspecified atom stereocenters. The van der Waals surface area contributed by atoms with E-state index in [-0.39, 0.29) is 0 Å². The first-order valence-electron chi connectivity index (χ1n) is 7.80. The van der Waals surface area contributed by atoms with E-state index in [9.17, 15) is 0 Å². The highest BCUT2D eigenvalue weighted by Gasteiger charge is 2.16. The van der Waals surface area contributed by atoms with Gasteiger partial charge >= 0.3 is 0 Å². The molecule has 1 fully saturated rings. The van der Waals surface area contributed by atoms with Crippen molar-refractivity contribution in [1.29, 1.82) is 0 Å². The minimum Gasteiger partial charge on any atom is -0.497 e. The molecule has 5 heteroatoms. The number of hydrogen-bond acceptors (Lipinski definition) is 5. The van der Waals surface area contributed by atoms with Crippen LogP contribution in [0.5, 0.6) is 5.75 Å². The summed E-state index contributed by atoms with van der Waals surface area (Å²) < 4.78 is 11.0. The Balaban J connectivity index is 1.74. The standard InChI is InChI=1S/C17H23N3O2/c1-13-16(12-20-10-3-8-18-9-11-20)19-17(22-13)14-4-6-15(21-2)7-5-14/h4-7,18H,3,8-12H2,1-2H3. The van der Waals surface area contributed by atoms with Crippen LogP contribution < -0.4 is 10.1 Å². The number of nitrogens with one attached hydrogen (secondary N) is 1. The molecule has 1 saturated heterocycles. The number of oxazole rings is 1. The molecule has 2 heterocycles. The van der Waals surface area contributed by atoms with Gasteiger partial charge in [0.2, 0.25) is 5.89 Å². The summed E-state index contributed by atoms with van der Waals surface area (Å²) in [5, 5.41) is 3.42. The number of methoxy groups -OCH3 is 1. The van der Waals surface area contributed by atoms with E-state index >= 15 is 0 Å². The number of benzene rings is 1. The Bertz CT molecular complexity index is 599. The van der Waals surface area contributed by atoms with Crippen LogP contribution in [0.3, 0.4) is 0 Å². The van der Waals surface area contributed by atoms with Crippen LogP contribution in [0.1, 0.15) is 17.9 Å². The molecule has 0 spiro atoms. The lowest BCUT2D eigenvalue weighted by Gasteiger charge is -2.17. The third kappa shape index (κ3) is 3.48. The zero-order chi connectivity index (χ0) is 15.4. The number of aromatic nitrogens is 1. The molecule has 1 aliphatic heterocycles. The Kier molecular flexibility index (Phi) is 4.75. The predicted octanol–water partition coefficient (Wildman–Crippen LogP) is 2.45. The van der Waals surface area contributed by atoms with E-state index < -0.39 is 0 Å². The van der Waals surface area contributed by atoms with Gasteiger partial charge in [-0.15, -0.1) is 0 Å². The average molecular weight is 301 g/mol. The third-order valence-corrected chi connectivity index (χ3v) is 4.04. The van der Waals surface area contributed by atoms with Crippen molar-refractivity contribution in [3.05, 3.63) is 35.7 Å². The van der Waals surface area contributed by atoms with Crippen LogP contribution in [0.4, 0.5) is 0 Å². The van der Waals surface area contributed by atoms with Crippen LogP contribution in [0.2, 0.25) is 0 Å². The molecule has 1 N–H and O–H groups in total. The molecule has 0 saturated carbocycles. The second-order valence-electron chi connectivity index (χ2n) is 5.63. The van der Waals surface area contributed by atoms with Crippen LogP contribution in [0, 0.1) is 6.92 Å². The predicted molar refractivity (Wildman–Crippen MR) is 86.0 cm³/mol. The van der Waals surface area contributed by atoms with Crippen LogP contribution in [0.15, 0.2) is 28.7 Å². The summed E-state index contributed by atoms with van der Waals surface area (Å²) in [5.41, 5.74) is 2.01. The molecule has 0 atom stereocenters. The summed E-state index contributed by atoms with van der Waals surface area (Å²) in [6.45, 7) is 7.16. The number of ether oxygens (including phenoxy) is 1. The molecule has 1 aromatic carbocycles. The van der Waals surface area contributed by atoms with E-state index in [0.29, 0.717) is 5.89 Å². The highest BCUT2D eigenvalue weighted by molar-refractivity contribution is 5.55. The average Bonchev–Trinajstić information content (AvgIpc) is 2.75. The van der Waals surface area contributed by atoms with Gasteiger partial charge < -0.3 is 14.5 Å². The second-order valence-corrected chi connectivity index (χ2v) is 5.63. The quantitative estimate of drug-likeness (QED) is 0.940. The number of hydrogen-bond donors (Lipinski definition) is 1. The van der Waals surface area contributed by atoms with E-state index in [0.717, 1.165) is 55.5 Å². The number of rotatable bonds is 4. The molecule has 1 aromatic heterocycles. The molecule has 22 heavy (non-hydrogen) atoms. The highest BCUT2D eigenvalue weighted by Crippen LogP contribution is 2.24. The number of nitrogens with zero attached hydrogens (tertiary/aromatic N) is 2. The van der Waals surface area contributed by atoms with Crippen molar-refractivity contribution in [2.75, 3.05) is 33.3 Å². The van der Waals surface area contributed by atoms with Crippen LogP contribution in [0.25, 0.3) is 11.5 Å². The van der Waals surface area contributed by atoms with Gasteiger partial charge in [-0.25, -0.2) is 4.98 Å². The Morgan fingerprint density at radius 2 is 2.05 bits per heavy atom. The van der Waals surface area contributed by atoms with Gasteiger partial charge in [0.25, 0.3) is 0 Å².